The first kappa shape index (κ1) is 16.2. The average Bonchev–Trinajstić information content (AvgIpc) is 3.05. The van der Waals surface area contributed by atoms with Gasteiger partial charge in [0.25, 0.3) is 0 Å². The summed E-state index contributed by atoms with van der Waals surface area (Å²) in [6.45, 7) is 5.14. The molecule has 1 saturated heterocycles. The van der Waals surface area contributed by atoms with E-state index in [0.29, 0.717) is 18.0 Å². The minimum Gasteiger partial charge on any atom is -0.325 e. The highest BCUT2D eigenvalue weighted by Gasteiger charge is 2.48. The van der Waals surface area contributed by atoms with E-state index in [4.69, 9.17) is 0 Å². The van der Waals surface area contributed by atoms with Gasteiger partial charge in [-0.1, -0.05) is 19.8 Å². The molecule has 4 heteroatoms. The minimum absolute atomic E-state index is 0.296. The zero-order chi connectivity index (χ0) is 14.6. The van der Waals surface area contributed by atoms with E-state index in [0.717, 1.165) is 19.4 Å². The van der Waals surface area contributed by atoms with Crippen LogP contribution in [0.1, 0.15) is 58.8 Å². The quantitative estimate of drug-likeness (QED) is 0.732. The van der Waals surface area contributed by atoms with Gasteiger partial charge in [0.05, 0.1) is 11.7 Å². The Labute approximate surface area is 128 Å². The van der Waals surface area contributed by atoms with Crippen molar-refractivity contribution in [3.63, 3.8) is 0 Å². The monoisotopic (exact) mass is 298 g/mol. The van der Waals surface area contributed by atoms with Gasteiger partial charge < -0.3 is 4.90 Å². The van der Waals surface area contributed by atoms with Gasteiger partial charge in [0.1, 0.15) is 0 Å². The lowest BCUT2D eigenvalue weighted by Crippen LogP contribution is -2.45. The summed E-state index contributed by atoms with van der Waals surface area (Å²) in [5.41, 5.74) is -0.327. The second kappa shape index (κ2) is 7.17. The molecule has 1 heterocycles. The Morgan fingerprint density at radius 1 is 1.35 bits per heavy atom. The fourth-order valence-corrected chi connectivity index (χ4v) is 4.07. The van der Waals surface area contributed by atoms with Crippen molar-refractivity contribution in [2.24, 2.45) is 5.92 Å². The summed E-state index contributed by atoms with van der Waals surface area (Å²) >= 11 is 1.90. The van der Waals surface area contributed by atoms with Crippen molar-refractivity contribution in [2.75, 3.05) is 18.6 Å². The predicted octanol–water partition coefficient (Wildman–Crippen LogP) is 3.25. The number of unbranched alkanes of at least 4 members (excludes halogenated alkanes) is 1. The van der Waals surface area contributed by atoms with Gasteiger partial charge in [-0.15, -0.1) is 0 Å². The largest absolute Gasteiger partial charge is 0.325 e. The maximum Gasteiger partial charge on any atom is 0.243 e. The number of nitrogens with zero attached hydrogens (tertiary/aromatic N) is 1. The van der Waals surface area contributed by atoms with Crippen LogP contribution in [0.25, 0.3) is 0 Å². The number of rotatable bonds is 7. The van der Waals surface area contributed by atoms with Crippen LogP contribution in [0.15, 0.2) is 0 Å². The van der Waals surface area contributed by atoms with Gasteiger partial charge in [-0.25, -0.2) is 0 Å². The Balaban J connectivity index is 2.00. The van der Waals surface area contributed by atoms with Crippen molar-refractivity contribution >= 4 is 17.7 Å². The SMILES string of the molecule is CCC1(C)NC(C2CCCC2)N(CCCCSC)C1=O. The Morgan fingerprint density at radius 3 is 2.65 bits per heavy atom. The molecule has 1 amide bonds. The third-order valence-corrected chi connectivity index (χ3v) is 5.78. The molecule has 0 bridgehead atoms. The van der Waals surface area contributed by atoms with Gasteiger partial charge in [0.2, 0.25) is 5.91 Å². The van der Waals surface area contributed by atoms with Crippen molar-refractivity contribution in [1.82, 2.24) is 10.2 Å². The summed E-state index contributed by atoms with van der Waals surface area (Å²) in [4.78, 5) is 14.9. The molecule has 2 fully saturated rings. The van der Waals surface area contributed by atoms with Crippen LogP contribution < -0.4 is 5.32 Å². The van der Waals surface area contributed by atoms with Gasteiger partial charge in [-0.2, -0.15) is 11.8 Å². The van der Waals surface area contributed by atoms with E-state index in [2.05, 4.69) is 30.3 Å². The number of nitrogens with one attached hydrogen (secondary N) is 1. The molecule has 1 saturated carbocycles. The average molecular weight is 298 g/mol. The van der Waals surface area contributed by atoms with E-state index in [1.54, 1.807) is 0 Å². The molecule has 2 atom stereocenters. The molecule has 2 rings (SSSR count). The van der Waals surface area contributed by atoms with Crippen LogP contribution in [-0.4, -0.2) is 41.1 Å². The molecule has 0 spiro atoms. The molecule has 1 aliphatic heterocycles. The third kappa shape index (κ3) is 3.33. The summed E-state index contributed by atoms with van der Waals surface area (Å²) in [5, 5.41) is 3.67. The predicted molar refractivity (Wildman–Crippen MR) is 86.9 cm³/mol. The molecule has 0 aromatic carbocycles. The third-order valence-electron chi connectivity index (χ3n) is 5.09. The smallest absolute Gasteiger partial charge is 0.243 e. The summed E-state index contributed by atoms with van der Waals surface area (Å²) in [6, 6.07) is 0. The molecule has 0 aromatic rings. The van der Waals surface area contributed by atoms with Crippen LogP contribution >= 0.6 is 11.8 Å². The summed E-state index contributed by atoms with van der Waals surface area (Å²) in [5.74, 6) is 2.21. The number of carbonyl (C=O) groups excluding carboxylic acids is 1. The molecule has 2 unspecified atom stereocenters. The number of amides is 1. The van der Waals surface area contributed by atoms with E-state index in [-0.39, 0.29) is 5.54 Å². The lowest BCUT2D eigenvalue weighted by atomic mass is 9.99. The van der Waals surface area contributed by atoms with E-state index in [1.807, 2.05) is 11.8 Å². The zero-order valence-electron chi connectivity index (χ0n) is 13.3. The van der Waals surface area contributed by atoms with E-state index in [9.17, 15) is 4.79 Å². The fraction of sp³-hybridized carbons (Fsp3) is 0.938. The number of thioether (sulfide) groups is 1. The molecule has 1 aliphatic carbocycles. The Morgan fingerprint density at radius 2 is 2.05 bits per heavy atom. The normalized spacial score (nSPS) is 31.4. The van der Waals surface area contributed by atoms with Crippen molar-refractivity contribution in [1.29, 1.82) is 0 Å². The van der Waals surface area contributed by atoms with E-state index < -0.39 is 0 Å². The summed E-state index contributed by atoms with van der Waals surface area (Å²) in [7, 11) is 0. The summed E-state index contributed by atoms with van der Waals surface area (Å²) < 4.78 is 0. The van der Waals surface area contributed by atoms with Crippen LogP contribution in [-0.2, 0) is 4.79 Å². The van der Waals surface area contributed by atoms with Crippen LogP contribution in [0.2, 0.25) is 0 Å². The fourth-order valence-electron chi connectivity index (χ4n) is 3.58. The molecular weight excluding hydrogens is 268 g/mol. The Bertz CT molecular complexity index is 330. The van der Waals surface area contributed by atoms with E-state index >= 15 is 0 Å². The van der Waals surface area contributed by atoms with Crippen molar-refractivity contribution in [3.05, 3.63) is 0 Å². The van der Waals surface area contributed by atoms with Crippen LogP contribution in [0.4, 0.5) is 0 Å². The molecule has 0 radical (unpaired) electrons. The zero-order valence-corrected chi connectivity index (χ0v) is 14.1. The van der Waals surface area contributed by atoms with Crippen LogP contribution in [0.3, 0.4) is 0 Å². The number of hydrogen-bond acceptors (Lipinski definition) is 3. The van der Waals surface area contributed by atoms with Crippen molar-refractivity contribution in [2.45, 2.75) is 70.5 Å². The lowest BCUT2D eigenvalue weighted by molar-refractivity contribution is -0.133. The maximum absolute atomic E-state index is 12.7. The molecule has 20 heavy (non-hydrogen) atoms. The number of hydrogen-bond donors (Lipinski definition) is 1. The number of carbonyl (C=O) groups is 1. The van der Waals surface area contributed by atoms with Crippen LogP contribution in [0.5, 0.6) is 0 Å². The highest BCUT2D eigenvalue weighted by molar-refractivity contribution is 7.98. The molecular formula is C16H30N2OS. The second-order valence-electron chi connectivity index (χ2n) is 6.52. The first-order chi connectivity index (χ1) is 9.62. The van der Waals surface area contributed by atoms with Gasteiger partial charge in [-0.3, -0.25) is 10.1 Å². The van der Waals surface area contributed by atoms with E-state index in [1.165, 1.54) is 37.9 Å². The van der Waals surface area contributed by atoms with Gasteiger partial charge >= 0.3 is 0 Å². The molecule has 2 aliphatic rings. The molecule has 116 valence electrons. The first-order valence-corrected chi connectivity index (χ1v) is 9.59. The lowest BCUT2D eigenvalue weighted by Gasteiger charge is -2.29. The summed E-state index contributed by atoms with van der Waals surface area (Å²) in [6.07, 6.45) is 10.9. The standard InChI is InChI=1S/C16H30N2OS/c1-4-16(2)15(19)18(11-7-8-12-20-3)14(17-16)13-9-5-6-10-13/h13-14,17H,4-12H2,1-3H3. The highest BCUT2D eigenvalue weighted by Crippen LogP contribution is 2.35. The van der Waals surface area contributed by atoms with Gasteiger partial charge in [0.15, 0.2) is 0 Å². The van der Waals surface area contributed by atoms with Gasteiger partial charge in [-0.05, 0) is 57.0 Å². The Kier molecular flexibility index (Phi) is 5.79. The first-order valence-electron chi connectivity index (χ1n) is 8.20. The van der Waals surface area contributed by atoms with Gasteiger partial charge in [0, 0.05) is 6.54 Å². The molecule has 0 aromatic heterocycles. The molecule has 3 nitrogen and oxygen atoms in total. The topological polar surface area (TPSA) is 32.3 Å². The van der Waals surface area contributed by atoms with Crippen molar-refractivity contribution in [3.8, 4) is 0 Å². The van der Waals surface area contributed by atoms with Crippen LogP contribution in [0, 0.1) is 5.92 Å². The Hall–Kier alpha value is -0.220. The highest BCUT2D eigenvalue weighted by atomic mass is 32.2. The minimum atomic E-state index is -0.327. The second-order valence-corrected chi connectivity index (χ2v) is 7.50. The molecule has 1 N–H and O–H groups in total. The maximum atomic E-state index is 12.7. The van der Waals surface area contributed by atoms with Crippen molar-refractivity contribution < 1.29 is 4.79 Å².